The first-order valence-electron chi connectivity index (χ1n) is 13.5. The molecule has 1 aliphatic carbocycles. The van der Waals surface area contributed by atoms with Crippen molar-refractivity contribution in [2.75, 3.05) is 18.5 Å². The van der Waals surface area contributed by atoms with Crippen LogP contribution in [0.5, 0.6) is 5.75 Å². The summed E-state index contributed by atoms with van der Waals surface area (Å²) in [5.41, 5.74) is 2.00. The van der Waals surface area contributed by atoms with Crippen LogP contribution >= 0.6 is 23.1 Å². The molecule has 0 spiro atoms. The Morgan fingerprint density at radius 1 is 1.15 bits per heavy atom. The number of esters is 1. The molecule has 2 N–H and O–H groups in total. The third-order valence-corrected chi connectivity index (χ3v) is 8.85. The van der Waals surface area contributed by atoms with Crippen molar-refractivity contribution in [2.45, 2.75) is 69.8 Å². The number of ether oxygens (including phenoxy) is 2. The molecule has 2 heterocycles. The van der Waals surface area contributed by atoms with Gasteiger partial charge in [-0.1, -0.05) is 25.1 Å². The number of rotatable bonds is 13. The Labute approximate surface area is 242 Å². The molecule has 4 rings (SSSR count). The van der Waals surface area contributed by atoms with E-state index >= 15 is 0 Å². The summed E-state index contributed by atoms with van der Waals surface area (Å²) in [7, 11) is 1.79. The highest BCUT2D eigenvalue weighted by atomic mass is 32.2. The smallest absolute Gasteiger partial charge is 0.341 e. The van der Waals surface area contributed by atoms with E-state index in [2.05, 4.69) is 27.8 Å². The average Bonchev–Trinajstić information content (AvgIpc) is 3.63. The molecule has 1 aliphatic rings. The van der Waals surface area contributed by atoms with E-state index in [1.807, 2.05) is 0 Å². The van der Waals surface area contributed by atoms with E-state index in [0.717, 1.165) is 48.3 Å². The molecular weight excluding hydrogens is 550 g/mol. The fourth-order valence-electron chi connectivity index (χ4n) is 4.24. The number of amides is 2. The minimum atomic E-state index is -0.504. The molecule has 3 aromatic rings. The normalized spacial score (nSPS) is 13.0. The highest BCUT2D eigenvalue weighted by Gasteiger charge is 2.29. The summed E-state index contributed by atoms with van der Waals surface area (Å²) < 4.78 is 12.7. The van der Waals surface area contributed by atoms with Crippen LogP contribution in [0.3, 0.4) is 0 Å². The molecule has 0 aliphatic heterocycles. The molecule has 2 aromatic heterocycles. The van der Waals surface area contributed by atoms with Crippen LogP contribution < -0.4 is 15.4 Å². The van der Waals surface area contributed by atoms with Gasteiger partial charge in [0.05, 0.1) is 30.6 Å². The van der Waals surface area contributed by atoms with Gasteiger partial charge < -0.3 is 24.7 Å². The maximum atomic E-state index is 13.1. The van der Waals surface area contributed by atoms with Crippen molar-refractivity contribution in [3.8, 4) is 5.75 Å². The Hall–Kier alpha value is -3.38. The standard InChI is InChI=1S/C28H35N5O5S2/c1-5-7-15-38-19-13-11-18(12-14-19)25(35)29-16-22-31-32-28(33(22)4)39-17(3)24(34)30-26-23(27(36)37-6-2)20-9-8-10-21(20)40-26/h11-14,17H,5-10,15-16H2,1-4H3,(H,29,35)(H,30,34)/t17-/m0/s1. The second-order valence-electron chi connectivity index (χ2n) is 9.40. The van der Waals surface area contributed by atoms with Crippen LogP contribution in [0.4, 0.5) is 5.00 Å². The first-order chi connectivity index (χ1) is 19.3. The van der Waals surface area contributed by atoms with E-state index in [1.54, 1.807) is 49.7 Å². The summed E-state index contributed by atoms with van der Waals surface area (Å²) in [5.74, 6) is 0.426. The monoisotopic (exact) mass is 585 g/mol. The summed E-state index contributed by atoms with van der Waals surface area (Å²) in [6, 6.07) is 7.02. The maximum Gasteiger partial charge on any atom is 0.341 e. The van der Waals surface area contributed by atoms with Gasteiger partial charge in [0.2, 0.25) is 5.91 Å². The summed E-state index contributed by atoms with van der Waals surface area (Å²) in [6.45, 7) is 6.76. The lowest BCUT2D eigenvalue weighted by molar-refractivity contribution is -0.115. The van der Waals surface area contributed by atoms with Gasteiger partial charge in [0.25, 0.3) is 5.91 Å². The van der Waals surface area contributed by atoms with Crippen LogP contribution in [-0.4, -0.2) is 51.0 Å². The molecule has 0 radical (unpaired) electrons. The zero-order valence-electron chi connectivity index (χ0n) is 23.2. The number of nitrogens with zero attached hydrogens (tertiary/aromatic N) is 3. The van der Waals surface area contributed by atoms with Gasteiger partial charge in [-0.25, -0.2) is 4.79 Å². The first kappa shape index (κ1) is 29.6. The van der Waals surface area contributed by atoms with Gasteiger partial charge in [-0.3, -0.25) is 9.59 Å². The Balaban J connectivity index is 1.32. The molecule has 0 fully saturated rings. The van der Waals surface area contributed by atoms with Crippen molar-refractivity contribution >= 4 is 45.9 Å². The van der Waals surface area contributed by atoms with Crippen molar-refractivity contribution in [2.24, 2.45) is 7.05 Å². The van der Waals surface area contributed by atoms with E-state index in [0.29, 0.717) is 33.7 Å². The van der Waals surface area contributed by atoms with Gasteiger partial charge in [0.1, 0.15) is 10.8 Å². The van der Waals surface area contributed by atoms with Gasteiger partial charge in [-0.05, 0) is 69.4 Å². The zero-order valence-corrected chi connectivity index (χ0v) is 24.9. The average molecular weight is 586 g/mol. The Morgan fingerprint density at radius 3 is 2.65 bits per heavy atom. The number of anilines is 1. The van der Waals surface area contributed by atoms with Crippen molar-refractivity contribution in [1.29, 1.82) is 0 Å². The van der Waals surface area contributed by atoms with Crippen molar-refractivity contribution < 1.29 is 23.9 Å². The van der Waals surface area contributed by atoms with Gasteiger partial charge in [0, 0.05) is 17.5 Å². The number of benzene rings is 1. The fourth-order valence-corrected chi connectivity index (χ4v) is 6.35. The maximum absolute atomic E-state index is 13.1. The molecule has 10 nitrogen and oxygen atoms in total. The minimum Gasteiger partial charge on any atom is -0.494 e. The number of fused-ring (bicyclic) bond motifs is 1. The van der Waals surface area contributed by atoms with Gasteiger partial charge in [-0.15, -0.1) is 21.5 Å². The number of unbranched alkanes of at least 4 members (excludes halogenated alkanes) is 1. The molecule has 12 heteroatoms. The molecule has 1 aromatic carbocycles. The fraction of sp³-hybridized carbons (Fsp3) is 0.464. The quantitative estimate of drug-likeness (QED) is 0.167. The van der Waals surface area contributed by atoms with E-state index in [9.17, 15) is 14.4 Å². The Kier molecular flexibility index (Phi) is 10.2. The molecule has 214 valence electrons. The number of carbonyl (C=O) groups is 3. The van der Waals surface area contributed by atoms with Crippen LogP contribution in [0.15, 0.2) is 29.4 Å². The second kappa shape index (κ2) is 13.8. The van der Waals surface area contributed by atoms with E-state index in [1.165, 1.54) is 23.1 Å². The number of thioether (sulfide) groups is 1. The molecular formula is C28H35N5O5S2. The topological polar surface area (TPSA) is 124 Å². The Morgan fingerprint density at radius 2 is 1.93 bits per heavy atom. The van der Waals surface area contributed by atoms with E-state index in [-0.39, 0.29) is 25.0 Å². The third kappa shape index (κ3) is 7.03. The third-order valence-electron chi connectivity index (χ3n) is 6.50. The molecule has 0 unspecified atom stereocenters. The molecule has 0 saturated heterocycles. The highest BCUT2D eigenvalue weighted by Crippen LogP contribution is 2.40. The van der Waals surface area contributed by atoms with Gasteiger partial charge in [0.15, 0.2) is 11.0 Å². The lowest BCUT2D eigenvalue weighted by Crippen LogP contribution is -2.25. The number of hydrogen-bond acceptors (Lipinski definition) is 9. The highest BCUT2D eigenvalue weighted by molar-refractivity contribution is 8.00. The molecule has 40 heavy (non-hydrogen) atoms. The van der Waals surface area contributed by atoms with Gasteiger partial charge in [-0.2, -0.15) is 0 Å². The van der Waals surface area contributed by atoms with Gasteiger partial charge >= 0.3 is 5.97 Å². The number of thiophene rings is 1. The van der Waals surface area contributed by atoms with Crippen LogP contribution in [0.1, 0.15) is 77.0 Å². The minimum absolute atomic E-state index is 0.182. The number of nitrogens with one attached hydrogen (secondary N) is 2. The second-order valence-corrected chi connectivity index (χ2v) is 11.8. The van der Waals surface area contributed by atoms with Crippen molar-refractivity contribution in [3.63, 3.8) is 0 Å². The van der Waals surface area contributed by atoms with Crippen LogP contribution in [0.25, 0.3) is 0 Å². The molecule has 0 bridgehead atoms. The van der Waals surface area contributed by atoms with Crippen LogP contribution in [0, 0.1) is 0 Å². The summed E-state index contributed by atoms with van der Waals surface area (Å²) in [5, 5.41) is 14.8. The number of aryl methyl sites for hydroxylation is 1. The number of aromatic nitrogens is 3. The van der Waals surface area contributed by atoms with Crippen molar-refractivity contribution in [3.05, 3.63) is 51.7 Å². The predicted molar refractivity (Wildman–Crippen MR) is 155 cm³/mol. The van der Waals surface area contributed by atoms with E-state index in [4.69, 9.17) is 9.47 Å². The molecule has 2 amide bonds. The summed E-state index contributed by atoms with van der Waals surface area (Å²) in [6.07, 6.45) is 4.77. The van der Waals surface area contributed by atoms with Crippen LogP contribution in [-0.2, 0) is 36.0 Å². The lowest BCUT2D eigenvalue weighted by Gasteiger charge is -2.12. The zero-order chi connectivity index (χ0) is 28.6. The summed E-state index contributed by atoms with van der Waals surface area (Å²) >= 11 is 2.71. The number of carbonyl (C=O) groups excluding carboxylic acids is 3. The largest absolute Gasteiger partial charge is 0.494 e. The van der Waals surface area contributed by atoms with Crippen molar-refractivity contribution in [1.82, 2.24) is 20.1 Å². The molecule has 1 atom stereocenters. The first-order valence-corrected chi connectivity index (χ1v) is 15.2. The molecule has 0 saturated carbocycles. The SMILES string of the molecule is CCCCOc1ccc(C(=O)NCc2nnc(S[C@@H](C)C(=O)Nc3sc4c(c3C(=O)OCC)CCC4)n2C)cc1. The number of hydrogen-bond donors (Lipinski definition) is 2. The Bertz CT molecular complexity index is 1350. The lowest BCUT2D eigenvalue weighted by atomic mass is 10.1. The van der Waals surface area contributed by atoms with E-state index < -0.39 is 11.2 Å². The van der Waals surface area contributed by atoms with Crippen LogP contribution in [0.2, 0.25) is 0 Å². The predicted octanol–water partition coefficient (Wildman–Crippen LogP) is 4.77. The summed E-state index contributed by atoms with van der Waals surface area (Å²) in [4.78, 5) is 39.4.